The highest BCUT2D eigenvalue weighted by molar-refractivity contribution is 5.92. The van der Waals surface area contributed by atoms with Crippen LogP contribution in [-0.4, -0.2) is 40.5 Å². The monoisotopic (exact) mass is 308 g/mol. The first-order valence-corrected chi connectivity index (χ1v) is 7.98. The van der Waals surface area contributed by atoms with Gasteiger partial charge in [-0.25, -0.2) is 4.98 Å². The second-order valence-corrected chi connectivity index (χ2v) is 5.99. The zero-order valence-electron chi connectivity index (χ0n) is 13.2. The molecule has 6 heteroatoms. The van der Waals surface area contributed by atoms with Crippen molar-refractivity contribution in [2.45, 2.75) is 25.8 Å². The maximum absolute atomic E-state index is 9.39. The molecule has 3 heterocycles. The molecule has 0 radical (unpaired) electrons. The van der Waals surface area contributed by atoms with Crippen LogP contribution in [0.3, 0.4) is 0 Å². The highest BCUT2D eigenvalue weighted by Crippen LogP contribution is 2.29. The summed E-state index contributed by atoms with van der Waals surface area (Å²) < 4.78 is 0. The Balaban J connectivity index is 1.85. The number of likely N-dealkylation sites (tertiary alicyclic amines) is 1. The summed E-state index contributed by atoms with van der Waals surface area (Å²) in [5.74, 6) is 0.516. The molecule has 0 amide bonds. The average Bonchev–Trinajstić information content (AvgIpc) is 3.19. The number of aromatic nitrogens is 2. The Labute approximate surface area is 135 Å². The highest BCUT2D eigenvalue weighted by Gasteiger charge is 2.32. The lowest BCUT2D eigenvalue weighted by atomic mass is 10.00. The lowest BCUT2D eigenvalue weighted by Crippen LogP contribution is -2.29. The molecule has 0 bridgehead atoms. The van der Waals surface area contributed by atoms with Crippen molar-refractivity contribution in [3.05, 3.63) is 24.0 Å². The minimum atomic E-state index is 0.284. The van der Waals surface area contributed by atoms with Crippen LogP contribution in [0.25, 0.3) is 11.0 Å². The van der Waals surface area contributed by atoms with E-state index in [1.165, 1.54) is 0 Å². The van der Waals surface area contributed by atoms with Crippen LogP contribution in [0.1, 0.15) is 25.3 Å². The lowest BCUT2D eigenvalue weighted by Gasteiger charge is -2.21. The summed E-state index contributed by atoms with van der Waals surface area (Å²) in [4.78, 5) is 9.70. The van der Waals surface area contributed by atoms with Gasteiger partial charge >= 0.3 is 0 Å². The van der Waals surface area contributed by atoms with Crippen molar-refractivity contribution in [2.75, 3.05) is 25.0 Å². The summed E-state index contributed by atoms with van der Waals surface area (Å²) in [6, 6.07) is 6.68. The Hall–Kier alpha value is -2.57. The molecule has 1 aliphatic rings. The number of hydrogen-bond acceptors (Lipinski definition) is 5. The topological polar surface area (TPSA) is 91.5 Å². The summed E-state index contributed by atoms with van der Waals surface area (Å²) in [6.45, 7) is 4.90. The van der Waals surface area contributed by atoms with E-state index in [-0.39, 0.29) is 6.04 Å². The van der Waals surface area contributed by atoms with Gasteiger partial charge in [0.05, 0.1) is 17.3 Å². The van der Waals surface area contributed by atoms with Crippen LogP contribution < -0.4 is 5.32 Å². The van der Waals surface area contributed by atoms with Gasteiger partial charge in [0.2, 0.25) is 0 Å². The molecule has 1 fully saturated rings. The van der Waals surface area contributed by atoms with E-state index in [1.807, 2.05) is 12.3 Å². The number of nitriles is 2. The number of fused-ring (bicyclic) bond motifs is 1. The molecule has 118 valence electrons. The molecule has 2 atom stereocenters. The van der Waals surface area contributed by atoms with E-state index >= 15 is 0 Å². The van der Waals surface area contributed by atoms with E-state index < -0.39 is 0 Å². The Bertz CT molecular complexity index is 765. The van der Waals surface area contributed by atoms with Crippen LogP contribution in [0.4, 0.5) is 5.69 Å². The Morgan fingerprint density at radius 3 is 3.04 bits per heavy atom. The zero-order chi connectivity index (χ0) is 16.2. The molecule has 0 spiro atoms. The van der Waals surface area contributed by atoms with Gasteiger partial charge in [-0.3, -0.25) is 4.90 Å². The molecule has 1 aliphatic heterocycles. The average molecular weight is 308 g/mol. The van der Waals surface area contributed by atoms with Gasteiger partial charge in [-0.15, -0.1) is 0 Å². The summed E-state index contributed by atoms with van der Waals surface area (Å²) in [7, 11) is 0. The molecule has 3 rings (SSSR count). The number of nitrogens with one attached hydrogen (secondary N) is 2. The number of H-pyrrole nitrogens is 1. The first kappa shape index (κ1) is 15.3. The van der Waals surface area contributed by atoms with Crippen LogP contribution in [0.5, 0.6) is 0 Å². The van der Waals surface area contributed by atoms with E-state index in [0.717, 1.165) is 42.8 Å². The van der Waals surface area contributed by atoms with Gasteiger partial charge in [-0.1, -0.05) is 13.3 Å². The van der Waals surface area contributed by atoms with E-state index in [2.05, 4.69) is 39.2 Å². The molecule has 0 aliphatic carbocycles. The van der Waals surface area contributed by atoms with Crippen molar-refractivity contribution in [1.82, 2.24) is 14.9 Å². The fourth-order valence-corrected chi connectivity index (χ4v) is 3.36. The number of nitrogens with zero attached hydrogens (tertiary/aromatic N) is 4. The van der Waals surface area contributed by atoms with Crippen LogP contribution >= 0.6 is 0 Å². The van der Waals surface area contributed by atoms with Crippen molar-refractivity contribution >= 4 is 16.7 Å². The van der Waals surface area contributed by atoms with Gasteiger partial charge in [-0.2, -0.15) is 10.5 Å². The number of rotatable bonds is 5. The molecule has 0 unspecified atom stereocenters. The third-order valence-electron chi connectivity index (χ3n) is 4.62. The third-order valence-corrected chi connectivity index (χ3v) is 4.62. The number of pyridine rings is 1. The summed E-state index contributed by atoms with van der Waals surface area (Å²) in [5, 5.41) is 22.7. The quantitative estimate of drug-likeness (QED) is 0.885. The smallest absolute Gasteiger partial charge is 0.139 e. The van der Waals surface area contributed by atoms with Crippen LogP contribution in [0, 0.1) is 28.6 Å². The van der Waals surface area contributed by atoms with Gasteiger partial charge in [0.15, 0.2) is 0 Å². The Morgan fingerprint density at radius 2 is 2.30 bits per heavy atom. The molecular formula is C17H20N6. The zero-order valence-corrected chi connectivity index (χ0v) is 13.2. The number of aromatic amines is 1. The van der Waals surface area contributed by atoms with E-state index in [9.17, 15) is 5.26 Å². The third kappa shape index (κ3) is 2.99. The highest BCUT2D eigenvalue weighted by atomic mass is 15.2. The van der Waals surface area contributed by atoms with Crippen molar-refractivity contribution in [3.63, 3.8) is 0 Å². The molecule has 0 saturated carbocycles. The SMILES string of the molecule is CC[C@@H]1CN(CCC#N)C[C@@H]1Nc1c(C#N)cnc2[nH]ccc12. The summed E-state index contributed by atoms with van der Waals surface area (Å²) in [6.07, 6.45) is 5.09. The molecule has 2 aromatic heterocycles. The molecule has 6 nitrogen and oxygen atoms in total. The summed E-state index contributed by atoms with van der Waals surface area (Å²) >= 11 is 0. The molecule has 0 aromatic carbocycles. The summed E-state index contributed by atoms with van der Waals surface area (Å²) in [5.41, 5.74) is 2.23. The normalized spacial score (nSPS) is 21.2. The number of hydrogen-bond donors (Lipinski definition) is 2. The maximum Gasteiger partial charge on any atom is 0.139 e. The van der Waals surface area contributed by atoms with Gasteiger partial charge < -0.3 is 10.3 Å². The van der Waals surface area contributed by atoms with Gasteiger partial charge in [0, 0.05) is 49.9 Å². The predicted octanol–water partition coefficient (Wildman–Crippen LogP) is 2.47. The molecule has 2 N–H and O–H groups in total. The van der Waals surface area contributed by atoms with Gasteiger partial charge in [0.25, 0.3) is 0 Å². The van der Waals surface area contributed by atoms with Crippen LogP contribution in [-0.2, 0) is 0 Å². The lowest BCUT2D eigenvalue weighted by molar-refractivity contribution is 0.330. The van der Waals surface area contributed by atoms with Crippen molar-refractivity contribution in [2.24, 2.45) is 5.92 Å². The standard InChI is InChI=1S/C17H20N6/c1-2-12-10-23(7-3-5-18)11-15(12)22-16-13(8-19)9-21-17-14(16)4-6-20-17/h4,6,9,12,15H,2-3,7,10-11H2,1H3,(H2,20,21,22)/t12-,15+/m1/s1. The van der Waals surface area contributed by atoms with E-state index in [1.54, 1.807) is 6.20 Å². The van der Waals surface area contributed by atoms with Crippen molar-refractivity contribution in [3.8, 4) is 12.1 Å². The van der Waals surface area contributed by atoms with Gasteiger partial charge in [0.1, 0.15) is 11.7 Å². The van der Waals surface area contributed by atoms with Crippen molar-refractivity contribution < 1.29 is 0 Å². The minimum Gasteiger partial charge on any atom is -0.379 e. The first-order valence-electron chi connectivity index (χ1n) is 7.98. The van der Waals surface area contributed by atoms with E-state index in [4.69, 9.17) is 5.26 Å². The largest absolute Gasteiger partial charge is 0.379 e. The van der Waals surface area contributed by atoms with Crippen molar-refractivity contribution in [1.29, 1.82) is 10.5 Å². The predicted molar refractivity (Wildman–Crippen MR) is 88.7 cm³/mol. The first-order chi connectivity index (χ1) is 11.3. The van der Waals surface area contributed by atoms with E-state index in [0.29, 0.717) is 17.9 Å². The molecule has 1 saturated heterocycles. The Morgan fingerprint density at radius 1 is 1.43 bits per heavy atom. The molecule has 2 aromatic rings. The fourth-order valence-electron chi connectivity index (χ4n) is 3.36. The maximum atomic E-state index is 9.39. The second-order valence-electron chi connectivity index (χ2n) is 5.99. The second kappa shape index (κ2) is 6.68. The fraction of sp³-hybridized carbons (Fsp3) is 0.471. The molecular weight excluding hydrogens is 288 g/mol. The van der Waals surface area contributed by atoms with Gasteiger partial charge in [-0.05, 0) is 12.0 Å². The molecule has 23 heavy (non-hydrogen) atoms. The van der Waals surface area contributed by atoms with Crippen LogP contribution in [0.2, 0.25) is 0 Å². The minimum absolute atomic E-state index is 0.284. The van der Waals surface area contributed by atoms with Crippen LogP contribution in [0.15, 0.2) is 18.5 Å². The number of anilines is 1. The Kier molecular flexibility index (Phi) is 4.45.